The number of carbonyl (C=O) groups excluding carboxylic acids is 1. The number of likely N-dealkylation sites (N-methyl/N-ethyl adjacent to an activating group) is 1. The summed E-state index contributed by atoms with van der Waals surface area (Å²) in [7, 11) is 3.47. The number of nitrogens with zero attached hydrogens (tertiary/aromatic N) is 7. The smallest absolute Gasteiger partial charge is 0.249 e. The Morgan fingerprint density at radius 1 is 1.14 bits per heavy atom. The molecule has 2 aromatic heterocycles. The molecule has 0 spiro atoms. The highest BCUT2D eigenvalue weighted by molar-refractivity contribution is 7.14. The molecule has 224 valence electrons. The van der Waals surface area contributed by atoms with Crippen molar-refractivity contribution in [2.24, 2.45) is 0 Å². The van der Waals surface area contributed by atoms with E-state index in [-0.39, 0.29) is 11.9 Å². The van der Waals surface area contributed by atoms with Gasteiger partial charge in [-0.3, -0.25) is 9.69 Å². The van der Waals surface area contributed by atoms with Crippen LogP contribution in [-0.4, -0.2) is 82.4 Å². The number of aromatic nitrogens is 4. The number of methoxy groups -OCH3 is 1. The number of carbonyl (C=O) groups is 1. The second kappa shape index (κ2) is 12.1. The summed E-state index contributed by atoms with van der Waals surface area (Å²) in [6.45, 7) is 9.32. The van der Waals surface area contributed by atoms with E-state index in [1.807, 2.05) is 25.2 Å². The van der Waals surface area contributed by atoms with Crippen molar-refractivity contribution in [3.8, 4) is 16.3 Å². The molecule has 4 heterocycles. The molecule has 3 aromatic rings. The SMILES string of the molecule is CC[C@@H]1C(=O)N(C)c2cnc(Nc3ccc(-c4nnc(CN5C[C@@H](C)N[C@@H](C)C5)s4)cc3OC)nc2N1C1CCCC1. The van der Waals surface area contributed by atoms with E-state index < -0.39 is 0 Å². The van der Waals surface area contributed by atoms with Crippen molar-refractivity contribution in [3.05, 3.63) is 29.4 Å². The first-order valence-corrected chi connectivity index (χ1v) is 15.8. The minimum Gasteiger partial charge on any atom is -0.495 e. The van der Waals surface area contributed by atoms with Gasteiger partial charge in [0.05, 0.1) is 25.5 Å². The van der Waals surface area contributed by atoms with Gasteiger partial charge >= 0.3 is 0 Å². The van der Waals surface area contributed by atoms with E-state index in [0.29, 0.717) is 29.8 Å². The Labute approximate surface area is 251 Å². The van der Waals surface area contributed by atoms with Crippen LogP contribution < -0.4 is 25.2 Å². The first-order valence-electron chi connectivity index (χ1n) is 15.0. The van der Waals surface area contributed by atoms with Gasteiger partial charge in [0.1, 0.15) is 27.5 Å². The molecule has 0 radical (unpaired) electrons. The minimum absolute atomic E-state index is 0.107. The van der Waals surface area contributed by atoms with Gasteiger partial charge in [0, 0.05) is 43.8 Å². The Morgan fingerprint density at radius 2 is 1.90 bits per heavy atom. The largest absolute Gasteiger partial charge is 0.495 e. The van der Waals surface area contributed by atoms with Gasteiger partial charge in [-0.1, -0.05) is 31.1 Å². The van der Waals surface area contributed by atoms with E-state index in [2.05, 4.69) is 56.4 Å². The van der Waals surface area contributed by atoms with E-state index in [9.17, 15) is 4.79 Å². The molecule has 0 unspecified atom stereocenters. The molecule has 2 aliphatic heterocycles. The number of hydrogen-bond donors (Lipinski definition) is 2. The minimum atomic E-state index is -0.211. The summed E-state index contributed by atoms with van der Waals surface area (Å²) < 4.78 is 5.77. The monoisotopic (exact) mass is 591 g/mol. The van der Waals surface area contributed by atoms with Gasteiger partial charge in [0.2, 0.25) is 11.9 Å². The van der Waals surface area contributed by atoms with Crippen LogP contribution in [0.4, 0.5) is 23.1 Å². The van der Waals surface area contributed by atoms with Gasteiger partial charge in [-0.25, -0.2) is 4.98 Å². The van der Waals surface area contributed by atoms with Crippen molar-refractivity contribution in [2.45, 2.75) is 83.6 Å². The number of amides is 1. The molecule has 1 saturated carbocycles. The average molecular weight is 592 g/mol. The zero-order chi connectivity index (χ0) is 29.4. The van der Waals surface area contributed by atoms with Crippen LogP contribution in [0, 0.1) is 0 Å². The van der Waals surface area contributed by atoms with Crippen molar-refractivity contribution < 1.29 is 9.53 Å². The third-order valence-corrected chi connectivity index (χ3v) is 9.52. The molecule has 12 heteroatoms. The predicted molar refractivity (Wildman–Crippen MR) is 167 cm³/mol. The molecule has 11 nitrogen and oxygen atoms in total. The van der Waals surface area contributed by atoms with E-state index in [4.69, 9.17) is 9.72 Å². The molecule has 1 saturated heterocycles. The Bertz CT molecular complexity index is 1420. The number of benzene rings is 1. The fourth-order valence-corrected chi connectivity index (χ4v) is 7.56. The van der Waals surface area contributed by atoms with E-state index in [1.165, 1.54) is 12.8 Å². The number of piperazine rings is 1. The Kier molecular flexibility index (Phi) is 8.28. The number of nitrogens with one attached hydrogen (secondary N) is 2. The van der Waals surface area contributed by atoms with Gasteiger partial charge in [-0.2, -0.15) is 4.98 Å². The zero-order valence-electron chi connectivity index (χ0n) is 25.1. The molecule has 0 bridgehead atoms. The Hall–Kier alpha value is -3.35. The highest BCUT2D eigenvalue weighted by atomic mass is 32.1. The second-order valence-corrected chi connectivity index (χ2v) is 12.8. The molecule has 1 amide bonds. The number of rotatable bonds is 8. The summed E-state index contributed by atoms with van der Waals surface area (Å²) in [5.74, 6) is 2.06. The quantitative estimate of drug-likeness (QED) is 0.390. The van der Waals surface area contributed by atoms with Crippen LogP contribution >= 0.6 is 11.3 Å². The van der Waals surface area contributed by atoms with Crippen LogP contribution in [0.1, 0.15) is 57.9 Å². The topological polar surface area (TPSA) is 112 Å². The van der Waals surface area contributed by atoms with Crippen molar-refractivity contribution in [2.75, 3.05) is 42.4 Å². The summed E-state index contributed by atoms with van der Waals surface area (Å²) in [5.41, 5.74) is 2.46. The predicted octanol–water partition coefficient (Wildman–Crippen LogP) is 4.43. The lowest BCUT2D eigenvalue weighted by atomic mass is 10.0. The molecule has 1 aromatic carbocycles. The maximum atomic E-state index is 13.2. The van der Waals surface area contributed by atoms with Crippen LogP contribution in [0.5, 0.6) is 5.75 Å². The molecule has 3 atom stereocenters. The zero-order valence-corrected chi connectivity index (χ0v) is 25.9. The van der Waals surface area contributed by atoms with Crippen LogP contribution in [0.2, 0.25) is 0 Å². The number of fused-ring (bicyclic) bond motifs is 1. The summed E-state index contributed by atoms with van der Waals surface area (Å²) in [6, 6.07) is 7.00. The third kappa shape index (κ3) is 5.67. The van der Waals surface area contributed by atoms with Crippen molar-refractivity contribution >= 4 is 40.4 Å². The molecular formula is C30H41N9O2S. The van der Waals surface area contributed by atoms with E-state index in [0.717, 1.165) is 71.7 Å². The average Bonchev–Trinajstić information content (AvgIpc) is 3.67. The second-order valence-electron chi connectivity index (χ2n) is 11.8. The lowest BCUT2D eigenvalue weighted by Crippen LogP contribution is -2.55. The Morgan fingerprint density at radius 3 is 2.62 bits per heavy atom. The van der Waals surface area contributed by atoms with Gasteiger partial charge < -0.3 is 25.2 Å². The number of ether oxygens (including phenoxy) is 1. The standard InChI is InChI=1S/C30H41N9O2S/c1-6-23-29(40)37(4)24-14-31-30(34-27(24)39(23)21-9-7-8-10-21)33-22-12-11-20(13-25(22)41-5)28-36-35-26(42-28)17-38-15-18(2)32-19(3)16-38/h11-14,18-19,21,23,32H,6-10,15-17H2,1-5H3,(H,31,33,34)/t18-,19+,23-/m1/s1. The lowest BCUT2D eigenvalue weighted by molar-refractivity contribution is -0.120. The van der Waals surface area contributed by atoms with Gasteiger partial charge in [0.25, 0.3) is 0 Å². The molecule has 42 heavy (non-hydrogen) atoms. The highest BCUT2D eigenvalue weighted by Gasteiger charge is 2.41. The third-order valence-electron chi connectivity index (χ3n) is 8.57. The molecule has 6 rings (SSSR count). The normalized spacial score (nSPS) is 23.4. The summed E-state index contributed by atoms with van der Waals surface area (Å²) in [5, 5.41) is 17.8. The van der Waals surface area contributed by atoms with Gasteiger partial charge in [-0.05, 0) is 51.3 Å². The molecule has 2 N–H and O–H groups in total. The van der Waals surface area contributed by atoms with Crippen LogP contribution in [0.3, 0.4) is 0 Å². The van der Waals surface area contributed by atoms with Crippen molar-refractivity contribution in [3.63, 3.8) is 0 Å². The molecule has 2 fully saturated rings. The van der Waals surface area contributed by atoms with Crippen LogP contribution in [0.15, 0.2) is 24.4 Å². The fraction of sp³-hybridized carbons (Fsp3) is 0.567. The van der Waals surface area contributed by atoms with Crippen molar-refractivity contribution in [1.29, 1.82) is 0 Å². The maximum absolute atomic E-state index is 13.2. The van der Waals surface area contributed by atoms with Gasteiger partial charge in [0.15, 0.2) is 5.82 Å². The fourth-order valence-electron chi connectivity index (χ4n) is 6.69. The molecular weight excluding hydrogens is 550 g/mol. The maximum Gasteiger partial charge on any atom is 0.249 e. The van der Waals surface area contributed by atoms with E-state index >= 15 is 0 Å². The summed E-state index contributed by atoms with van der Waals surface area (Å²) in [4.78, 5) is 29.2. The Balaban J connectivity index is 1.22. The van der Waals surface area contributed by atoms with Crippen molar-refractivity contribution in [1.82, 2.24) is 30.4 Å². The lowest BCUT2D eigenvalue weighted by Gasteiger charge is -2.43. The number of hydrogen-bond acceptors (Lipinski definition) is 11. The van der Waals surface area contributed by atoms with Crippen LogP contribution in [-0.2, 0) is 11.3 Å². The summed E-state index contributed by atoms with van der Waals surface area (Å²) in [6.07, 6.45) is 7.01. The van der Waals surface area contributed by atoms with E-state index in [1.54, 1.807) is 29.5 Å². The van der Waals surface area contributed by atoms with Crippen LogP contribution in [0.25, 0.3) is 10.6 Å². The number of anilines is 4. The summed E-state index contributed by atoms with van der Waals surface area (Å²) >= 11 is 1.62. The highest BCUT2D eigenvalue weighted by Crippen LogP contribution is 2.40. The first-order chi connectivity index (χ1) is 20.3. The molecule has 1 aliphatic carbocycles. The molecule has 3 aliphatic rings. The first kappa shape index (κ1) is 28.8. The van der Waals surface area contributed by atoms with Gasteiger partial charge in [-0.15, -0.1) is 10.2 Å².